The lowest BCUT2D eigenvalue weighted by Gasteiger charge is -2.30. The third-order valence-corrected chi connectivity index (χ3v) is 7.18. The summed E-state index contributed by atoms with van der Waals surface area (Å²) in [4.78, 5) is 13.5. The smallest absolute Gasteiger partial charge is 0.251 e. The van der Waals surface area contributed by atoms with Gasteiger partial charge in [0.2, 0.25) is 10.0 Å². The van der Waals surface area contributed by atoms with Crippen LogP contribution in [0.3, 0.4) is 0 Å². The van der Waals surface area contributed by atoms with Crippen LogP contribution in [0.25, 0.3) is 0 Å². The molecular weight excluding hydrogens is 374 g/mol. The van der Waals surface area contributed by atoms with Gasteiger partial charge in [-0.2, -0.15) is 4.31 Å². The van der Waals surface area contributed by atoms with Crippen LogP contribution in [-0.4, -0.2) is 45.4 Å². The van der Waals surface area contributed by atoms with Crippen molar-refractivity contribution in [1.29, 1.82) is 0 Å². The Morgan fingerprint density at radius 3 is 2.77 bits per heavy atom. The number of nitrogens with zero attached hydrogens (tertiary/aromatic N) is 1. The number of benzene rings is 1. The molecule has 1 aliphatic rings. The molecule has 2 heterocycles. The first-order valence-electron chi connectivity index (χ1n) is 8.21. The highest BCUT2D eigenvalue weighted by molar-refractivity contribution is 7.89. The first kappa shape index (κ1) is 18.8. The van der Waals surface area contributed by atoms with Crippen LogP contribution in [0.15, 0.2) is 40.6 Å². The predicted molar refractivity (Wildman–Crippen MR) is 100.0 cm³/mol. The number of likely N-dealkylation sites (N-methyl/N-ethyl adjacent to an activating group) is 1. The normalized spacial score (nSPS) is 18.9. The van der Waals surface area contributed by atoms with E-state index in [4.69, 9.17) is 10.5 Å². The van der Waals surface area contributed by atoms with Crippen LogP contribution < -0.4 is 15.8 Å². The number of fused-ring (bicyclic) bond motifs is 1. The van der Waals surface area contributed by atoms with Gasteiger partial charge in [0.1, 0.15) is 5.75 Å². The first-order valence-corrected chi connectivity index (χ1v) is 10.5. The lowest BCUT2D eigenvalue weighted by molar-refractivity contribution is 0.0931. The molecule has 9 heteroatoms. The van der Waals surface area contributed by atoms with E-state index >= 15 is 0 Å². The summed E-state index contributed by atoms with van der Waals surface area (Å²) < 4.78 is 31.4. The van der Waals surface area contributed by atoms with Gasteiger partial charge in [0.25, 0.3) is 5.91 Å². The van der Waals surface area contributed by atoms with E-state index in [1.54, 1.807) is 35.7 Å². The van der Waals surface area contributed by atoms with Gasteiger partial charge in [0, 0.05) is 24.0 Å². The molecule has 0 radical (unpaired) electrons. The molecule has 2 aromatic rings. The maximum Gasteiger partial charge on any atom is 0.251 e. The zero-order valence-electron chi connectivity index (χ0n) is 14.3. The average Bonchev–Trinajstić information content (AvgIpc) is 3.12. The van der Waals surface area contributed by atoms with Gasteiger partial charge in [0.15, 0.2) is 0 Å². The van der Waals surface area contributed by atoms with E-state index in [1.807, 2.05) is 0 Å². The molecule has 0 bridgehead atoms. The molecule has 140 valence electrons. The minimum Gasteiger partial charge on any atom is -0.494 e. The molecule has 1 aromatic carbocycles. The van der Waals surface area contributed by atoms with Crippen molar-refractivity contribution in [1.82, 2.24) is 9.62 Å². The Hall–Kier alpha value is -1.94. The van der Waals surface area contributed by atoms with Gasteiger partial charge in [-0.25, -0.2) is 8.42 Å². The number of ether oxygens (including phenoxy) is 1. The van der Waals surface area contributed by atoms with E-state index in [9.17, 15) is 13.2 Å². The minimum absolute atomic E-state index is 0.210. The largest absolute Gasteiger partial charge is 0.494 e. The van der Waals surface area contributed by atoms with Crippen molar-refractivity contribution in [3.63, 3.8) is 0 Å². The summed E-state index contributed by atoms with van der Waals surface area (Å²) in [5, 5.41) is 4.66. The summed E-state index contributed by atoms with van der Waals surface area (Å²) in [6.45, 7) is 1.31. The number of nitrogens with one attached hydrogen (secondary N) is 1. The fraction of sp³-hybridized carbons (Fsp3) is 0.353. The quantitative estimate of drug-likeness (QED) is 0.723. The van der Waals surface area contributed by atoms with Crippen LogP contribution in [0.5, 0.6) is 5.75 Å². The Balaban J connectivity index is 1.71. The highest BCUT2D eigenvalue weighted by Gasteiger charge is 2.36. The van der Waals surface area contributed by atoms with Crippen molar-refractivity contribution in [3.05, 3.63) is 46.2 Å². The average molecular weight is 396 g/mol. The van der Waals surface area contributed by atoms with Crippen molar-refractivity contribution < 1.29 is 17.9 Å². The maximum absolute atomic E-state index is 12.6. The van der Waals surface area contributed by atoms with Crippen LogP contribution in [0.4, 0.5) is 0 Å². The number of thiophene rings is 1. The number of sulfonamides is 1. The molecule has 0 unspecified atom stereocenters. The third kappa shape index (κ3) is 3.75. The number of amides is 1. The van der Waals surface area contributed by atoms with Crippen LogP contribution in [0.2, 0.25) is 0 Å². The topological polar surface area (TPSA) is 102 Å². The van der Waals surface area contributed by atoms with Gasteiger partial charge in [-0.15, -0.1) is 11.3 Å². The first-order chi connectivity index (χ1) is 12.4. The number of carbonyl (C=O) groups is 1. The molecule has 3 N–H and O–H groups in total. The van der Waals surface area contributed by atoms with E-state index < -0.39 is 10.0 Å². The monoisotopic (exact) mass is 395 g/mol. The molecule has 0 spiro atoms. The summed E-state index contributed by atoms with van der Waals surface area (Å²) in [6, 6.07) is 8.06. The molecule has 1 aromatic heterocycles. The second kappa shape index (κ2) is 7.75. The fourth-order valence-electron chi connectivity index (χ4n) is 2.71. The summed E-state index contributed by atoms with van der Waals surface area (Å²) >= 11 is 1.34. The summed E-state index contributed by atoms with van der Waals surface area (Å²) in [7, 11) is -1.94. The van der Waals surface area contributed by atoms with Crippen LogP contribution in [-0.2, 0) is 10.0 Å². The van der Waals surface area contributed by atoms with Crippen LogP contribution in [0, 0.1) is 0 Å². The van der Waals surface area contributed by atoms with Gasteiger partial charge in [-0.1, -0.05) is 0 Å². The van der Waals surface area contributed by atoms with E-state index in [1.165, 1.54) is 22.7 Å². The van der Waals surface area contributed by atoms with Gasteiger partial charge >= 0.3 is 0 Å². The van der Waals surface area contributed by atoms with E-state index in [-0.39, 0.29) is 23.4 Å². The fourth-order valence-corrected chi connectivity index (χ4v) is 5.41. The van der Waals surface area contributed by atoms with Crippen molar-refractivity contribution in [2.24, 2.45) is 5.73 Å². The molecule has 1 amide bonds. The summed E-state index contributed by atoms with van der Waals surface area (Å²) in [5.41, 5.74) is 5.92. The number of hydrogen-bond donors (Lipinski definition) is 2. The second-order valence-electron chi connectivity index (χ2n) is 5.98. The molecule has 7 nitrogen and oxygen atoms in total. The Bertz CT molecular complexity index is 878. The van der Waals surface area contributed by atoms with Crippen LogP contribution in [0.1, 0.15) is 27.7 Å². The van der Waals surface area contributed by atoms with Crippen molar-refractivity contribution in [2.45, 2.75) is 17.4 Å². The van der Waals surface area contributed by atoms with Gasteiger partial charge in [-0.05, 0) is 48.7 Å². The molecule has 0 aliphatic carbocycles. The number of carbonyl (C=O) groups excluding carboxylic acids is 1. The molecule has 0 saturated heterocycles. The predicted octanol–water partition coefficient (Wildman–Crippen LogP) is 1.58. The third-order valence-electron chi connectivity index (χ3n) is 4.14. The lowest BCUT2D eigenvalue weighted by atomic mass is 10.1. The van der Waals surface area contributed by atoms with Crippen molar-refractivity contribution in [3.8, 4) is 5.75 Å². The molecule has 1 aliphatic heterocycles. The van der Waals surface area contributed by atoms with E-state index in [2.05, 4.69) is 5.32 Å². The van der Waals surface area contributed by atoms with Crippen molar-refractivity contribution in [2.75, 3.05) is 26.7 Å². The van der Waals surface area contributed by atoms with Crippen molar-refractivity contribution >= 4 is 27.3 Å². The minimum atomic E-state index is -3.46. The zero-order chi connectivity index (χ0) is 18.7. The van der Waals surface area contributed by atoms with E-state index in [0.29, 0.717) is 29.3 Å². The zero-order valence-corrected chi connectivity index (χ0v) is 16.0. The second-order valence-corrected chi connectivity index (χ2v) is 8.94. The number of rotatable bonds is 6. The molecule has 0 fully saturated rings. The molecule has 0 saturated carbocycles. The highest BCUT2D eigenvalue weighted by atomic mass is 32.2. The van der Waals surface area contributed by atoms with Gasteiger partial charge in [-0.3, -0.25) is 4.79 Å². The van der Waals surface area contributed by atoms with E-state index in [0.717, 1.165) is 6.42 Å². The Labute approximate surface area is 156 Å². The SMILES string of the molecule is CN1C[C@@H](NC(=O)c2ccc(OCCCN)cc2)c2sccc2S1(=O)=O. The Kier molecular flexibility index (Phi) is 5.61. The maximum atomic E-state index is 12.6. The van der Waals surface area contributed by atoms with Gasteiger partial charge < -0.3 is 15.8 Å². The standard InChI is InChI=1S/C17H21N3O4S2/c1-20-11-14(16-15(7-10-25-16)26(20,22)23)19-17(21)12-3-5-13(6-4-12)24-9-2-8-18/h3-7,10,14H,2,8-9,11,18H2,1H3,(H,19,21)/t14-/m1/s1. The number of nitrogens with two attached hydrogens (primary N) is 1. The summed E-state index contributed by atoms with van der Waals surface area (Å²) in [6.07, 6.45) is 0.767. The molecular formula is C17H21N3O4S2. The highest BCUT2D eigenvalue weighted by Crippen LogP contribution is 2.35. The Morgan fingerprint density at radius 2 is 2.08 bits per heavy atom. The van der Waals surface area contributed by atoms with Crippen LogP contribution >= 0.6 is 11.3 Å². The molecule has 1 atom stereocenters. The van der Waals surface area contributed by atoms with Gasteiger partial charge in [0.05, 0.1) is 17.5 Å². The number of hydrogen-bond acceptors (Lipinski definition) is 6. The Morgan fingerprint density at radius 1 is 1.35 bits per heavy atom. The molecule has 26 heavy (non-hydrogen) atoms. The lowest BCUT2D eigenvalue weighted by Crippen LogP contribution is -2.42. The molecule has 3 rings (SSSR count). The summed E-state index contributed by atoms with van der Waals surface area (Å²) in [5.74, 6) is 0.426.